The number of nitrogens with zero attached hydrogens (tertiary/aromatic N) is 2. The van der Waals surface area contributed by atoms with Gasteiger partial charge in [0, 0.05) is 25.4 Å². The van der Waals surface area contributed by atoms with Crippen molar-refractivity contribution in [2.45, 2.75) is 18.7 Å². The van der Waals surface area contributed by atoms with Gasteiger partial charge in [-0.2, -0.15) is 4.31 Å². The zero-order chi connectivity index (χ0) is 22.4. The van der Waals surface area contributed by atoms with Crippen LogP contribution in [0.1, 0.15) is 13.8 Å². The number of thioether (sulfide) groups is 1. The third-order valence-corrected chi connectivity index (χ3v) is 7.66. The van der Waals surface area contributed by atoms with Crippen molar-refractivity contribution in [2.75, 3.05) is 37.2 Å². The summed E-state index contributed by atoms with van der Waals surface area (Å²) < 4.78 is 33.1. The molecule has 8 nitrogen and oxygen atoms in total. The van der Waals surface area contributed by atoms with Gasteiger partial charge in [-0.3, -0.25) is 9.59 Å². The minimum atomic E-state index is -3.72. The topological polar surface area (TPSA) is 96.0 Å². The Morgan fingerprint density at radius 2 is 1.87 bits per heavy atom. The number of benzene rings is 2. The molecule has 166 valence electrons. The first kappa shape index (κ1) is 23.1. The minimum Gasteiger partial charge on any atom is -0.455 e. The molecule has 10 heteroatoms. The highest BCUT2D eigenvalue weighted by Gasteiger charge is 2.26. The van der Waals surface area contributed by atoms with Gasteiger partial charge in [-0.15, -0.1) is 0 Å². The first-order chi connectivity index (χ1) is 14.8. The molecule has 31 heavy (non-hydrogen) atoms. The molecule has 0 atom stereocenters. The molecule has 0 saturated carbocycles. The molecular weight excluding hydrogens is 438 g/mol. The van der Waals surface area contributed by atoms with Crippen LogP contribution in [0.2, 0.25) is 0 Å². The number of para-hydroxylation sites is 1. The van der Waals surface area contributed by atoms with Crippen LogP contribution >= 0.6 is 11.8 Å². The summed E-state index contributed by atoms with van der Waals surface area (Å²) in [5.74, 6) is 1.07. The largest absolute Gasteiger partial charge is 0.455 e. The predicted octanol–water partition coefficient (Wildman–Crippen LogP) is 3.62. The van der Waals surface area contributed by atoms with Crippen LogP contribution in [0.5, 0.6) is 11.5 Å². The van der Waals surface area contributed by atoms with Crippen LogP contribution < -0.4 is 10.1 Å². The third kappa shape index (κ3) is 5.57. The van der Waals surface area contributed by atoms with Crippen molar-refractivity contribution < 1.29 is 22.7 Å². The smallest absolute Gasteiger partial charge is 0.282 e. The summed E-state index contributed by atoms with van der Waals surface area (Å²) >= 11 is 1.17. The predicted molar refractivity (Wildman–Crippen MR) is 121 cm³/mol. The molecule has 1 aliphatic heterocycles. The number of rotatable bonds is 9. The van der Waals surface area contributed by atoms with Crippen LogP contribution in [0.4, 0.5) is 10.5 Å². The number of nitrogens with one attached hydrogen (secondary N) is 1. The van der Waals surface area contributed by atoms with Gasteiger partial charge in [0.1, 0.15) is 12.3 Å². The number of sulfonamides is 1. The Kier molecular flexibility index (Phi) is 7.58. The summed E-state index contributed by atoms with van der Waals surface area (Å²) in [6, 6.07) is 13.4. The number of hydrogen-bond donors (Lipinski definition) is 1. The molecule has 1 aliphatic rings. The second kappa shape index (κ2) is 10.2. The normalized spacial score (nSPS) is 14.2. The van der Waals surface area contributed by atoms with Crippen molar-refractivity contribution in [1.82, 2.24) is 9.21 Å². The number of amides is 2. The second-order valence-electron chi connectivity index (χ2n) is 6.75. The Hall–Kier alpha value is -2.56. The number of carbonyl (C=O) groups is 2. The zero-order valence-electron chi connectivity index (χ0n) is 17.4. The molecule has 3 rings (SSSR count). The summed E-state index contributed by atoms with van der Waals surface area (Å²) in [7, 11) is -3.72. The highest BCUT2D eigenvalue weighted by Crippen LogP contribution is 2.33. The van der Waals surface area contributed by atoms with Crippen LogP contribution in [0.25, 0.3) is 0 Å². The molecular formula is C21H25N3O5S2. The van der Waals surface area contributed by atoms with E-state index in [1.54, 1.807) is 26.0 Å². The number of carbonyl (C=O) groups excluding carboxylic acids is 2. The lowest BCUT2D eigenvalue weighted by Crippen LogP contribution is -2.33. The van der Waals surface area contributed by atoms with Gasteiger partial charge in [-0.25, -0.2) is 8.42 Å². The minimum absolute atomic E-state index is 0.0553. The molecule has 2 aromatic rings. The Balaban J connectivity index is 1.91. The summed E-state index contributed by atoms with van der Waals surface area (Å²) in [6.07, 6.45) is 0. The fraction of sp³-hybridized carbons (Fsp3) is 0.333. The molecule has 0 spiro atoms. The van der Waals surface area contributed by atoms with Gasteiger partial charge in [-0.1, -0.05) is 43.8 Å². The molecule has 0 bridgehead atoms. The maximum atomic E-state index is 12.9. The van der Waals surface area contributed by atoms with Crippen molar-refractivity contribution in [2.24, 2.45) is 0 Å². The fourth-order valence-corrected chi connectivity index (χ4v) is 5.43. The lowest BCUT2D eigenvalue weighted by molar-refractivity contribution is -0.116. The SMILES string of the molecule is CCN(CC)S(=O)(=O)c1ccc(Oc2ccccc2)c(NC(=O)CN2CCSC2=O)c1. The molecule has 1 fully saturated rings. The van der Waals surface area contributed by atoms with E-state index < -0.39 is 15.9 Å². The lowest BCUT2D eigenvalue weighted by atomic mass is 10.2. The van der Waals surface area contributed by atoms with Gasteiger partial charge in [0.25, 0.3) is 5.24 Å². The van der Waals surface area contributed by atoms with E-state index in [0.717, 1.165) is 0 Å². The van der Waals surface area contributed by atoms with Crippen molar-refractivity contribution in [3.63, 3.8) is 0 Å². The van der Waals surface area contributed by atoms with Crippen LogP contribution in [-0.2, 0) is 14.8 Å². The van der Waals surface area contributed by atoms with Crippen LogP contribution in [0.15, 0.2) is 53.4 Å². The van der Waals surface area contributed by atoms with E-state index >= 15 is 0 Å². The molecule has 1 heterocycles. The van der Waals surface area contributed by atoms with E-state index in [2.05, 4.69) is 5.32 Å². The lowest BCUT2D eigenvalue weighted by Gasteiger charge is -2.20. The maximum absolute atomic E-state index is 12.9. The number of hydrogen-bond acceptors (Lipinski definition) is 6. The average Bonchev–Trinajstić information content (AvgIpc) is 3.15. The summed E-state index contributed by atoms with van der Waals surface area (Å²) in [4.78, 5) is 25.9. The molecule has 0 radical (unpaired) electrons. The Bertz CT molecular complexity index is 1040. The standard InChI is InChI=1S/C21H25N3O5S2/c1-3-24(4-2)31(27,28)17-10-11-19(29-16-8-6-5-7-9-16)18(14-17)22-20(25)15-23-12-13-30-21(23)26/h5-11,14H,3-4,12-13,15H2,1-2H3,(H,22,25). The van der Waals surface area contributed by atoms with Gasteiger partial charge < -0.3 is 15.0 Å². The molecule has 0 unspecified atom stereocenters. The Morgan fingerprint density at radius 1 is 1.16 bits per heavy atom. The fourth-order valence-electron chi connectivity index (χ4n) is 3.12. The molecule has 1 saturated heterocycles. The molecule has 1 N–H and O–H groups in total. The van der Waals surface area contributed by atoms with Crippen molar-refractivity contribution in [3.05, 3.63) is 48.5 Å². The van der Waals surface area contributed by atoms with E-state index in [1.165, 1.54) is 39.2 Å². The van der Waals surface area contributed by atoms with Crippen molar-refractivity contribution in [3.8, 4) is 11.5 Å². The highest BCUT2D eigenvalue weighted by molar-refractivity contribution is 8.13. The summed E-state index contributed by atoms with van der Waals surface area (Å²) in [6.45, 7) is 4.59. The Labute approximate surface area is 186 Å². The molecule has 0 aliphatic carbocycles. The first-order valence-electron chi connectivity index (χ1n) is 9.93. The second-order valence-corrected chi connectivity index (χ2v) is 9.73. The highest BCUT2D eigenvalue weighted by atomic mass is 32.2. The van der Waals surface area contributed by atoms with Crippen molar-refractivity contribution >= 4 is 38.6 Å². The van der Waals surface area contributed by atoms with Crippen LogP contribution in [0, 0.1) is 0 Å². The van der Waals surface area contributed by atoms with Gasteiger partial charge in [0.15, 0.2) is 5.75 Å². The quantitative estimate of drug-likeness (QED) is 0.610. The maximum Gasteiger partial charge on any atom is 0.282 e. The molecule has 2 aromatic carbocycles. The van der Waals surface area contributed by atoms with Crippen LogP contribution in [-0.4, -0.2) is 60.7 Å². The van der Waals surface area contributed by atoms with E-state index in [0.29, 0.717) is 36.9 Å². The van der Waals surface area contributed by atoms with Crippen molar-refractivity contribution in [1.29, 1.82) is 0 Å². The zero-order valence-corrected chi connectivity index (χ0v) is 19.0. The van der Waals surface area contributed by atoms with Gasteiger partial charge in [-0.05, 0) is 30.3 Å². The number of anilines is 1. The van der Waals surface area contributed by atoms with E-state index in [1.807, 2.05) is 18.2 Å². The average molecular weight is 464 g/mol. The van der Waals surface area contributed by atoms with Gasteiger partial charge in [0.2, 0.25) is 15.9 Å². The van der Waals surface area contributed by atoms with Gasteiger partial charge in [0.05, 0.1) is 10.6 Å². The van der Waals surface area contributed by atoms with Gasteiger partial charge >= 0.3 is 0 Å². The van der Waals surface area contributed by atoms with E-state index in [-0.39, 0.29) is 22.4 Å². The first-order valence-corrected chi connectivity index (χ1v) is 12.4. The van der Waals surface area contributed by atoms with Crippen LogP contribution in [0.3, 0.4) is 0 Å². The molecule has 2 amide bonds. The summed E-state index contributed by atoms with van der Waals surface area (Å²) in [5, 5.41) is 2.57. The Morgan fingerprint density at radius 3 is 2.48 bits per heavy atom. The summed E-state index contributed by atoms with van der Waals surface area (Å²) in [5.41, 5.74) is 0.224. The molecule has 0 aromatic heterocycles. The van der Waals surface area contributed by atoms with E-state index in [4.69, 9.17) is 4.74 Å². The van der Waals surface area contributed by atoms with E-state index in [9.17, 15) is 18.0 Å². The third-order valence-electron chi connectivity index (χ3n) is 4.72. The number of ether oxygens (including phenoxy) is 1. The monoisotopic (exact) mass is 463 g/mol.